The van der Waals surface area contributed by atoms with Gasteiger partial charge in [0.05, 0.1) is 28.6 Å². The van der Waals surface area contributed by atoms with Crippen molar-refractivity contribution in [1.82, 2.24) is 4.57 Å². The predicted octanol–water partition coefficient (Wildman–Crippen LogP) is 4.18. The second kappa shape index (κ2) is 7.95. The number of carbonyl (C=O) groups excluding carboxylic acids is 1. The normalized spacial score (nSPS) is 15.7. The fourth-order valence-electron chi connectivity index (χ4n) is 4.99. The molecule has 0 saturated carbocycles. The maximum absolute atomic E-state index is 13.7. The number of aryl methyl sites for hydroxylation is 1. The minimum Gasteiger partial charge on any atom is -0.369 e. The third kappa shape index (κ3) is 3.50. The third-order valence-electron chi connectivity index (χ3n) is 6.23. The van der Waals surface area contributed by atoms with Crippen LogP contribution in [-0.4, -0.2) is 18.9 Å². The maximum atomic E-state index is 13.7. The highest BCUT2D eigenvalue weighted by atomic mass is 32.2. The molecule has 1 aromatic heterocycles. The van der Waals surface area contributed by atoms with E-state index in [1.165, 1.54) is 11.1 Å². The SMILES string of the molecule is NC(=O)Cc1c(S(=O)(=O)Cc2ccccc2)c2ccccc2n1C1CCc2ccccc21. The highest BCUT2D eigenvalue weighted by Crippen LogP contribution is 2.41. The van der Waals surface area contributed by atoms with Gasteiger partial charge in [0.2, 0.25) is 5.91 Å². The van der Waals surface area contributed by atoms with Crippen LogP contribution in [0.25, 0.3) is 10.9 Å². The number of rotatable bonds is 6. The zero-order chi connectivity index (χ0) is 22.3. The highest BCUT2D eigenvalue weighted by molar-refractivity contribution is 7.91. The molecule has 0 fully saturated rings. The van der Waals surface area contributed by atoms with Crippen LogP contribution in [0.2, 0.25) is 0 Å². The molecule has 0 spiro atoms. The van der Waals surface area contributed by atoms with Crippen molar-refractivity contribution in [2.45, 2.75) is 36.0 Å². The van der Waals surface area contributed by atoms with Gasteiger partial charge in [-0.1, -0.05) is 72.8 Å². The van der Waals surface area contributed by atoms with Crippen molar-refractivity contribution in [2.75, 3.05) is 0 Å². The molecule has 5 rings (SSSR count). The van der Waals surface area contributed by atoms with Gasteiger partial charge in [0.1, 0.15) is 0 Å². The van der Waals surface area contributed by atoms with Crippen LogP contribution < -0.4 is 5.73 Å². The number of nitrogens with zero attached hydrogens (tertiary/aromatic N) is 1. The van der Waals surface area contributed by atoms with Crippen LogP contribution in [0, 0.1) is 0 Å². The number of hydrogen-bond donors (Lipinski definition) is 1. The second-order valence-corrected chi connectivity index (χ2v) is 10.2. The van der Waals surface area contributed by atoms with Gasteiger partial charge in [-0.3, -0.25) is 4.79 Å². The van der Waals surface area contributed by atoms with Crippen molar-refractivity contribution in [3.05, 3.63) is 101 Å². The number of amides is 1. The Morgan fingerprint density at radius 2 is 1.62 bits per heavy atom. The molecule has 1 aliphatic rings. The lowest BCUT2D eigenvalue weighted by Gasteiger charge is -2.20. The summed E-state index contributed by atoms with van der Waals surface area (Å²) >= 11 is 0. The lowest BCUT2D eigenvalue weighted by atomic mass is 10.1. The minimum absolute atomic E-state index is 0.0360. The Hall–Kier alpha value is -3.38. The molecule has 1 heterocycles. The average Bonchev–Trinajstić information content (AvgIpc) is 3.32. The molecule has 162 valence electrons. The van der Waals surface area contributed by atoms with Gasteiger partial charge in [-0.05, 0) is 35.6 Å². The summed E-state index contributed by atoms with van der Waals surface area (Å²) in [4.78, 5) is 12.3. The van der Waals surface area contributed by atoms with Crippen LogP contribution in [0.15, 0.2) is 83.8 Å². The van der Waals surface area contributed by atoms with E-state index in [-0.39, 0.29) is 23.1 Å². The Bertz CT molecular complexity index is 1420. The Morgan fingerprint density at radius 3 is 2.41 bits per heavy atom. The second-order valence-electron chi connectivity index (χ2n) is 8.30. The van der Waals surface area contributed by atoms with E-state index < -0.39 is 15.7 Å². The van der Waals surface area contributed by atoms with Gasteiger partial charge in [-0.25, -0.2) is 8.42 Å². The molecule has 1 aliphatic carbocycles. The first kappa shape index (κ1) is 20.5. The van der Waals surface area contributed by atoms with E-state index >= 15 is 0 Å². The number of para-hydroxylation sites is 1. The molecule has 4 aromatic rings. The van der Waals surface area contributed by atoms with Gasteiger partial charge in [-0.15, -0.1) is 0 Å². The van der Waals surface area contributed by atoms with E-state index in [0.29, 0.717) is 16.6 Å². The van der Waals surface area contributed by atoms with E-state index in [2.05, 4.69) is 12.1 Å². The Kier molecular flexibility index (Phi) is 5.10. The molecule has 0 radical (unpaired) electrons. The first-order valence-corrected chi connectivity index (χ1v) is 12.4. The van der Waals surface area contributed by atoms with Gasteiger partial charge in [0.25, 0.3) is 0 Å². The van der Waals surface area contributed by atoms with Crippen molar-refractivity contribution >= 4 is 26.6 Å². The summed E-state index contributed by atoms with van der Waals surface area (Å²) in [7, 11) is -3.73. The summed E-state index contributed by atoms with van der Waals surface area (Å²) in [6, 6.07) is 24.8. The maximum Gasteiger partial charge on any atom is 0.223 e. The van der Waals surface area contributed by atoms with Crippen LogP contribution >= 0.6 is 0 Å². The van der Waals surface area contributed by atoms with Gasteiger partial charge >= 0.3 is 0 Å². The summed E-state index contributed by atoms with van der Waals surface area (Å²) in [5.74, 6) is -0.675. The Labute approximate surface area is 187 Å². The molecule has 1 amide bonds. The number of aromatic nitrogens is 1. The standard InChI is InChI=1S/C26H24N2O3S/c27-25(29)16-24-26(32(30,31)17-18-8-2-1-3-9-18)21-12-6-7-13-22(21)28(24)23-15-14-19-10-4-5-11-20(19)23/h1-13,23H,14-17H2,(H2,27,29). The van der Waals surface area contributed by atoms with Crippen molar-refractivity contribution < 1.29 is 13.2 Å². The van der Waals surface area contributed by atoms with Gasteiger partial charge in [-0.2, -0.15) is 0 Å². The summed E-state index contributed by atoms with van der Waals surface area (Å²) in [6.07, 6.45) is 1.63. The average molecular weight is 445 g/mol. The molecule has 2 N–H and O–H groups in total. The number of carbonyl (C=O) groups is 1. The third-order valence-corrected chi connectivity index (χ3v) is 8.02. The number of primary amides is 1. The largest absolute Gasteiger partial charge is 0.369 e. The van der Waals surface area contributed by atoms with Crippen LogP contribution in [0.5, 0.6) is 0 Å². The molecule has 3 aromatic carbocycles. The highest BCUT2D eigenvalue weighted by Gasteiger charge is 2.33. The van der Waals surface area contributed by atoms with Gasteiger partial charge in [0.15, 0.2) is 9.84 Å². The van der Waals surface area contributed by atoms with Crippen molar-refractivity contribution in [3.63, 3.8) is 0 Å². The van der Waals surface area contributed by atoms with Gasteiger partial charge < -0.3 is 10.3 Å². The van der Waals surface area contributed by atoms with E-state index in [4.69, 9.17) is 5.73 Å². The number of fused-ring (bicyclic) bond motifs is 2. The Morgan fingerprint density at radius 1 is 0.938 bits per heavy atom. The van der Waals surface area contributed by atoms with Gasteiger partial charge in [0, 0.05) is 11.1 Å². The topological polar surface area (TPSA) is 82.2 Å². The Balaban J connectivity index is 1.76. The lowest BCUT2D eigenvalue weighted by molar-refractivity contribution is -0.117. The molecule has 32 heavy (non-hydrogen) atoms. The molecule has 0 saturated heterocycles. The quantitative estimate of drug-likeness (QED) is 0.484. The fraction of sp³-hybridized carbons (Fsp3) is 0.192. The fourth-order valence-corrected chi connectivity index (χ4v) is 6.80. The lowest BCUT2D eigenvalue weighted by Crippen LogP contribution is -2.21. The molecular formula is C26H24N2O3S. The number of hydrogen-bond acceptors (Lipinski definition) is 3. The summed E-state index contributed by atoms with van der Waals surface area (Å²) in [5.41, 5.74) is 10.1. The molecule has 1 atom stereocenters. The first-order chi connectivity index (χ1) is 15.5. The molecular weight excluding hydrogens is 420 g/mol. The van der Waals surface area contributed by atoms with E-state index in [1.54, 1.807) is 12.1 Å². The zero-order valence-electron chi connectivity index (χ0n) is 17.6. The minimum atomic E-state index is -3.73. The van der Waals surface area contributed by atoms with Crippen molar-refractivity contribution in [3.8, 4) is 0 Å². The summed E-state index contributed by atoms with van der Waals surface area (Å²) in [5, 5.41) is 0.643. The number of benzene rings is 3. The monoisotopic (exact) mass is 444 g/mol. The number of sulfone groups is 1. The molecule has 0 bridgehead atoms. The summed E-state index contributed by atoms with van der Waals surface area (Å²) in [6.45, 7) is 0. The van der Waals surface area contributed by atoms with E-state index in [9.17, 15) is 13.2 Å². The molecule has 6 heteroatoms. The number of nitrogens with two attached hydrogens (primary N) is 1. The van der Waals surface area contributed by atoms with Crippen LogP contribution in [-0.2, 0) is 33.2 Å². The van der Waals surface area contributed by atoms with E-state index in [1.807, 2.05) is 59.2 Å². The molecule has 0 aliphatic heterocycles. The van der Waals surface area contributed by atoms with Crippen LogP contribution in [0.3, 0.4) is 0 Å². The predicted molar refractivity (Wildman–Crippen MR) is 125 cm³/mol. The van der Waals surface area contributed by atoms with Crippen molar-refractivity contribution in [1.29, 1.82) is 0 Å². The molecule has 5 nitrogen and oxygen atoms in total. The van der Waals surface area contributed by atoms with Crippen LogP contribution in [0.4, 0.5) is 0 Å². The van der Waals surface area contributed by atoms with Crippen LogP contribution in [0.1, 0.15) is 34.8 Å². The van der Waals surface area contributed by atoms with E-state index in [0.717, 1.165) is 18.4 Å². The van der Waals surface area contributed by atoms with Crippen molar-refractivity contribution in [2.24, 2.45) is 5.73 Å². The smallest absolute Gasteiger partial charge is 0.223 e. The summed E-state index contributed by atoms with van der Waals surface area (Å²) < 4.78 is 29.5. The first-order valence-electron chi connectivity index (χ1n) is 10.7. The zero-order valence-corrected chi connectivity index (χ0v) is 18.4. The molecule has 1 unspecified atom stereocenters.